The summed E-state index contributed by atoms with van der Waals surface area (Å²) in [5.41, 5.74) is 0.726. The number of anilines is 1. The highest BCUT2D eigenvalue weighted by Crippen LogP contribution is 2.56. The Labute approximate surface area is 171 Å². The van der Waals surface area contributed by atoms with Gasteiger partial charge in [0.2, 0.25) is 7.29 Å². The molecule has 3 aromatic rings. The van der Waals surface area contributed by atoms with Crippen molar-refractivity contribution < 1.29 is 22.5 Å². The summed E-state index contributed by atoms with van der Waals surface area (Å²) in [4.78, 5) is 0. The summed E-state index contributed by atoms with van der Waals surface area (Å²) in [6, 6.07) is 22.9. The van der Waals surface area contributed by atoms with Crippen LogP contribution < -0.4 is 5.09 Å². The largest absolute Gasteiger partial charge is 0.456 e. The molecule has 0 saturated carbocycles. The molecule has 7 heteroatoms. The highest BCUT2D eigenvalue weighted by Gasteiger charge is 2.32. The molecule has 0 spiro atoms. The molecule has 0 aliphatic carbocycles. The van der Waals surface area contributed by atoms with E-state index < -0.39 is 19.0 Å². The minimum atomic E-state index is -4.49. The van der Waals surface area contributed by atoms with Crippen LogP contribution in [-0.4, -0.2) is 0 Å². The maximum Gasteiger partial charge on any atom is 0.416 e. The Balaban J connectivity index is 1.76. The van der Waals surface area contributed by atoms with Crippen molar-refractivity contribution in [2.45, 2.75) is 6.18 Å². The molecule has 0 aromatic heterocycles. The van der Waals surface area contributed by atoms with Gasteiger partial charge in [-0.1, -0.05) is 66.7 Å². The lowest BCUT2D eigenvalue weighted by molar-refractivity contribution is -0.137. The number of hydrogen-bond donors (Lipinski definition) is 1. The first-order chi connectivity index (χ1) is 14.3. The molecule has 0 unspecified atom stereocenters. The quantitative estimate of drug-likeness (QED) is 0.440. The molecule has 0 amide bonds. The number of rotatable bonds is 4. The second-order valence-electron chi connectivity index (χ2n) is 6.72. The maximum atomic E-state index is 13.7. The van der Waals surface area contributed by atoms with Gasteiger partial charge in [-0.3, -0.25) is 4.57 Å². The van der Waals surface area contributed by atoms with E-state index in [2.05, 4.69) is 5.09 Å². The van der Waals surface area contributed by atoms with Gasteiger partial charge in [0.15, 0.2) is 0 Å². The molecule has 0 fully saturated rings. The molecular weight excluding hydrogens is 410 g/mol. The van der Waals surface area contributed by atoms with Crippen LogP contribution in [0.15, 0.2) is 96.6 Å². The lowest BCUT2D eigenvalue weighted by atomic mass is 10.2. The van der Waals surface area contributed by atoms with Crippen LogP contribution in [0, 0.1) is 0 Å². The Morgan fingerprint density at radius 1 is 0.733 bits per heavy atom. The normalized spacial score (nSPS) is 15.6. The highest BCUT2D eigenvalue weighted by atomic mass is 31.2. The third-order valence-corrected chi connectivity index (χ3v) is 6.29. The molecule has 0 radical (unpaired) electrons. The summed E-state index contributed by atoms with van der Waals surface area (Å²) >= 11 is 0. The Bertz CT molecular complexity index is 1100. The maximum absolute atomic E-state index is 13.7. The molecule has 3 nitrogen and oxygen atoms in total. The molecule has 0 saturated heterocycles. The average molecular weight is 427 g/mol. The van der Waals surface area contributed by atoms with E-state index in [-0.39, 0.29) is 5.69 Å². The topological polar surface area (TPSA) is 38.3 Å². The van der Waals surface area contributed by atoms with Crippen molar-refractivity contribution in [3.63, 3.8) is 0 Å². The van der Waals surface area contributed by atoms with Crippen LogP contribution in [0.2, 0.25) is 0 Å². The summed E-state index contributed by atoms with van der Waals surface area (Å²) in [6.07, 6.45) is -4.49. The van der Waals surface area contributed by atoms with E-state index in [1.807, 2.05) is 60.7 Å². The monoisotopic (exact) mass is 427 g/mol. The van der Waals surface area contributed by atoms with E-state index in [0.717, 1.165) is 12.1 Å². The summed E-state index contributed by atoms with van der Waals surface area (Å²) < 4.78 is 58.9. The van der Waals surface area contributed by atoms with Crippen LogP contribution in [0.5, 0.6) is 0 Å². The van der Waals surface area contributed by atoms with E-state index in [1.54, 1.807) is 0 Å². The van der Waals surface area contributed by atoms with Crippen molar-refractivity contribution in [1.29, 1.82) is 0 Å². The van der Waals surface area contributed by atoms with Gasteiger partial charge in [0.05, 0.1) is 5.56 Å². The first-order valence-electron chi connectivity index (χ1n) is 9.12. The fraction of sp³-hybridized carbons (Fsp3) is 0.0435. The summed E-state index contributed by atoms with van der Waals surface area (Å²) in [7, 11) is -3.42. The minimum Gasteiger partial charge on any atom is -0.456 e. The molecule has 1 N–H and O–H groups in total. The summed E-state index contributed by atoms with van der Waals surface area (Å²) in [5.74, 6) is 3.63. The standard InChI is InChI=1S/C23H17F3NO2P/c24-23(25,26)19-12-7-13-20(14-19)27-30(28)15-21(17-8-3-1-4-9-17)29-22(16-30)18-10-5-2-6-11-18/h1-16H,(H,27,28). The molecule has 0 bridgehead atoms. The van der Waals surface area contributed by atoms with Gasteiger partial charge in [-0.2, -0.15) is 13.2 Å². The first kappa shape index (κ1) is 20.0. The number of hydrogen-bond acceptors (Lipinski definition) is 2. The zero-order chi connectivity index (χ0) is 21.2. The van der Waals surface area contributed by atoms with Crippen molar-refractivity contribution in [3.8, 4) is 0 Å². The Morgan fingerprint density at radius 3 is 1.77 bits per heavy atom. The zero-order valence-electron chi connectivity index (χ0n) is 15.6. The van der Waals surface area contributed by atoms with E-state index in [9.17, 15) is 17.7 Å². The Morgan fingerprint density at radius 2 is 1.27 bits per heavy atom. The van der Waals surface area contributed by atoms with E-state index in [4.69, 9.17) is 4.74 Å². The molecule has 1 aliphatic rings. The predicted molar refractivity (Wildman–Crippen MR) is 113 cm³/mol. The van der Waals surface area contributed by atoms with Crippen molar-refractivity contribution in [3.05, 3.63) is 113 Å². The van der Waals surface area contributed by atoms with Gasteiger partial charge in [0.25, 0.3) is 0 Å². The summed E-state index contributed by atoms with van der Waals surface area (Å²) in [6.45, 7) is 0. The molecule has 152 valence electrons. The van der Waals surface area contributed by atoms with Gasteiger partial charge in [0, 0.05) is 28.4 Å². The Kier molecular flexibility index (Phi) is 5.27. The third kappa shape index (κ3) is 4.50. The fourth-order valence-corrected chi connectivity index (χ4v) is 4.91. The molecule has 4 rings (SSSR count). The number of benzene rings is 3. The number of halogens is 3. The van der Waals surface area contributed by atoms with Crippen LogP contribution in [0.25, 0.3) is 11.5 Å². The van der Waals surface area contributed by atoms with Gasteiger partial charge < -0.3 is 9.82 Å². The minimum absolute atomic E-state index is 0.113. The van der Waals surface area contributed by atoms with Gasteiger partial charge in [-0.15, -0.1) is 0 Å². The molecular formula is C23H17F3NO2P. The van der Waals surface area contributed by atoms with Gasteiger partial charge in [-0.05, 0) is 18.2 Å². The smallest absolute Gasteiger partial charge is 0.416 e. The van der Waals surface area contributed by atoms with Crippen LogP contribution in [-0.2, 0) is 15.5 Å². The molecule has 3 aromatic carbocycles. The predicted octanol–water partition coefficient (Wildman–Crippen LogP) is 7.42. The van der Waals surface area contributed by atoms with Crippen LogP contribution in [0.3, 0.4) is 0 Å². The van der Waals surface area contributed by atoms with Crippen molar-refractivity contribution in [2.75, 3.05) is 5.09 Å². The second kappa shape index (κ2) is 7.88. The molecule has 1 aliphatic heterocycles. The first-order valence-corrected chi connectivity index (χ1v) is 11.0. The lowest BCUT2D eigenvalue weighted by Gasteiger charge is -2.24. The highest BCUT2D eigenvalue weighted by molar-refractivity contribution is 7.72. The number of nitrogens with one attached hydrogen (secondary N) is 1. The van der Waals surface area contributed by atoms with Gasteiger partial charge >= 0.3 is 6.18 Å². The molecule has 1 heterocycles. The summed E-state index contributed by atoms with van der Waals surface area (Å²) in [5, 5.41) is 2.79. The van der Waals surface area contributed by atoms with E-state index in [0.29, 0.717) is 22.6 Å². The van der Waals surface area contributed by atoms with Crippen LogP contribution >= 0.6 is 7.29 Å². The SMILES string of the molecule is O=P1(Nc2cccc(C(F)(F)F)c2)C=C(c2ccccc2)OC(c2ccccc2)=C1. The van der Waals surface area contributed by atoms with E-state index >= 15 is 0 Å². The van der Waals surface area contributed by atoms with Gasteiger partial charge in [-0.25, -0.2) is 0 Å². The third-order valence-electron chi connectivity index (χ3n) is 4.45. The van der Waals surface area contributed by atoms with Crippen LogP contribution in [0.4, 0.5) is 18.9 Å². The van der Waals surface area contributed by atoms with E-state index in [1.165, 1.54) is 23.8 Å². The average Bonchev–Trinajstić information content (AvgIpc) is 2.74. The number of ether oxygens (including phenoxy) is 1. The van der Waals surface area contributed by atoms with Crippen LogP contribution in [0.1, 0.15) is 16.7 Å². The second-order valence-corrected chi connectivity index (χ2v) is 8.88. The molecule has 0 atom stereocenters. The van der Waals surface area contributed by atoms with Crippen molar-refractivity contribution in [1.82, 2.24) is 0 Å². The zero-order valence-corrected chi connectivity index (χ0v) is 16.5. The Hall–Kier alpha value is -3.24. The number of alkyl halides is 3. The van der Waals surface area contributed by atoms with Gasteiger partial charge in [0.1, 0.15) is 11.5 Å². The fourth-order valence-electron chi connectivity index (χ4n) is 3.06. The lowest BCUT2D eigenvalue weighted by Crippen LogP contribution is -2.06. The molecule has 30 heavy (non-hydrogen) atoms. The van der Waals surface area contributed by atoms with Crippen molar-refractivity contribution >= 4 is 24.5 Å². The van der Waals surface area contributed by atoms with Crippen molar-refractivity contribution in [2.24, 2.45) is 0 Å².